The van der Waals surface area contributed by atoms with E-state index in [1.165, 1.54) is 31.4 Å². The van der Waals surface area contributed by atoms with E-state index in [9.17, 15) is 0 Å². The molecule has 2 rings (SSSR count). The molecule has 0 aliphatic heterocycles. The molecule has 0 atom stereocenters. The molecule has 2 heteroatoms. The van der Waals surface area contributed by atoms with Gasteiger partial charge in [-0.25, -0.2) is 0 Å². The Morgan fingerprint density at radius 3 is 2.69 bits per heavy atom. The summed E-state index contributed by atoms with van der Waals surface area (Å²) in [4.78, 5) is 4.56. The first-order valence-corrected chi connectivity index (χ1v) is 6.38. The summed E-state index contributed by atoms with van der Waals surface area (Å²) in [5.74, 6) is 0.870. The van der Waals surface area contributed by atoms with E-state index in [4.69, 9.17) is 5.73 Å². The predicted molar refractivity (Wildman–Crippen MR) is 67.2 cm³/mol. The van der Waals surface area contributed by atoms with Gasteiger partial charge in [-0.2, -0.15) is 0 Å². The molecule has 0 unspecified atom stereocenters. The van der Waals surface area contributed by atoms with E-state index in [0.717, 1.165) is 18.9 Å². The van der Waals surface area contributed by atoms with Crippen molar-refractivity contribution < 1.29 is 0 Å². The molecule has 2 N–H and O–H groups in total. The van der Waals surface area contributed by atoms with Crippen LogP contribution < -0.4 is 5.73 Å². The number of pyridine rings is 1. The SMILES string of the molecule is CC1CCC(CCN)(c2ccccn2)CC1. The quantitative estimate of drug-likeness (QED) is 0.847. The lowest BCUT2D eigenvalue weighted by molar-refractivity contribution is 0.225. The lowest BCUT2D eigenvalue weighted by Crippen LogP contribution is -2.34. The van der Waals surface area contributed by atoms with Crippen LogP contribution in [0.1, 0.15) is 44.7 Å². The Balaban J connectivity index is 2.22. The van der Waals surface area contributed by atoms with Gasteiger partial charge in [0.25, 0.3) is 0 Å². The number of hydrogen-bond acceptors (Lipinski definition) is 2. The molecule has 88 valence electrons. The second-order valence-corrected chi connectivity index (χ2v) is 5.22. The molecule has 1 aromatic rings. The molecule has 0 radical (unpaired) electrons. The number of nitrogens with two attached hydrogens (primary N) is 1. The Bertz CT molecular complexity index is 313. The molecule has 1 fully saturated rings. The highest BCUT2D eigenvalue weighted by molar-refractivity contribution is 5.18. The molecule has 0 saturated heterocycles. The molecule has 1 aliphatic carbocycles. The van der Waals surface area contributed by atoms with Crippen LogP contribution >= 0.6 is 0 Å². The van der Waals surface area contributed by atoms with E-state index in [2.05, 4.69) is 24.0 Å². The second kappa shape index (κ2) is 4.96. The third-order valence-corrected chi connectivity index (χ3v) is 4.06. The maximum Gasteiger partial charge on any atom is 0.0465 e. The lowest BCUT2D eigenvalue weighted by Gasteiger charge is -2.39. The van der Waals surface area contributed by atoms with Gasteiger partial charge in [0, 0.05) is 17.3 Å². The highest BCUT2D eigenvalue weighted by Gasteiger charge is 2.35. The van der Waals surface area contributed by atoms with Gasteiger partial charge in [-0.1, -0.05) is 13.0 Å². The molecular formula is C14H22N2. The van der Waals surface area contributed by atoms with E-state index in [1.807, 2.05) is 12.3 Å². The van der Waals surface area contributed by atoms with Crippen molar-refractivity contribution >= 4 is 0 Å². The summed E-state index contributed by atoms with van der Waals surface area (Å²) in [5.41, 5.74) is 7.31. The molecule has 1 aromatic heterocycles. The van der Waals surface area contributed by atoms with Crippen LogP contribution in [0.15, 0.2) is 24.4 Å². The van der Waals surface area contributed by atoms with Gasteiger partial charge in [0.1, 0.15) is 0 Å². The molecule has 1 aliphatic rings. The summed E-state index contributed by atoms with van der Waals surface area (Å²) in [7, 11) is 0. The zero-order valence-electron chi connectivity index (χ0n) is 10.2. The Kier molecular flexibility index (Phi) is 3.59. The van der Waals surface area contributed by atoms with Gasteiger partial charge < -0.3 is 5.73 Å². The van der Waals surface area contributed by atoms with Crippen LogP contribution in [0, 0.1) is 5.92 Å². The zero-order chi connectivity index (χ0) is 11.4. The molecular weight excluding hydrogens is 196 g/mol. The van der Waals surface area contributed by atoms with E-state index in [0.29, 0.717) is 0 Å². The molecule has 0 spiro atoms. The first-order valence-electron chi connectivity index (χ1n) is 6.38. The highest BCUT2D eigenvalue weighted by Crippen LogP contribution is 2.42. The van der Waals surface area contributed by atoms with E-state index in [-0.39, 0.29) is 5.41 Å². The minimum Gasteiger partial charge on any atom is -0.330 e. The van der Waals surface area contributed by atoms with Gasteiger partial charge in [0.05, 0.1) is 0 Å². The summed E-state index contributed by atoms with van der Waals surface area (Å²) in [6.45, 7) is 3.12. The molecule has 0 bridgehead atoms. The number of hydrogen-bond donors (Lipinski definition) is 1. The fourth-order valence-corrected chi connectivity index (χ4v) is 2.90. The fraction of sp³-hybridized carbons (Fsp3) is 0.643. The number of rotatable bonds is 3. The monoisotopic (exact) mass is 218 g/mol. The van der Waals surface area contributed by atoms with Crippen molar-refractivity contribution in [2.75, 3.05) is 6.54 Å². The normalized spacial score (nSPS) is 30.2. The summed E-state index contributed by atoms with van der Waals surface area (Å²) in [5, 5.41) is 0. The Hall–Kier alpha value is -0.890. The van der Waals surface area contributed by atoms with Gasteiger partial charge >= 0.3 is 0 Å². The largest absolute Gasteiger partial charge is 0.330 e. The van der Waals surface area contributed by atoms with Gasteiger partial charge in [-0.3, -0.25) is 4.98 Å². The van der Waals surface area contributed by atoms with Gasteiger partial charge in [-0.05, 0) is 56.7 Å². The zero-order valence-corrected chi connectivity index (χ0v) is 10.2. The highest BCUT2D eigenvalue weighted by atomic mass is 14.7. The standard InChI is InChI=1S/C14H22N2/c1-12-5-7-14(8-6-12,9-10-15)13-4-2-3-11-16-13/h2-4,11-12H,5-10,15H2,1H3. The van der Waals surface area contributed by atoms with E-state index >= 15 is 0 Å². The fourth-order valence-electron chi connectivity index (χ4n) is 2.90. The van der Waals surface area contributed by atoms with Crippen molar-refractivity contribution in [3.63, 3.8) is 0 Å². The van der Waals surface area contributed by atoms with E-state index < -0.39 is 0 Å². The van der Waals surface area contributed by atoms with Crippen LogP contribution in [0.2, 0.25) is 0 Å². The minimum absolute atomic E-state index is 0.266. The average Bonchev–Trinajstić information content (AvgIpc) is 2.34. The van der Waals surface area contributed by atoms with Crippen molar-refractivity contribution in [1.82, 2.24) is 4.98 Å². The molecule has 1 heterocycles. The van der Waals surface area contributed by atoms with E-state index in [1.54, 1.807) is 0 Å². The van der Waals surface area contributed by atoms with Crippen molar-refractivity contribution in [2.24, 2.45) is 11.7 Å². The Labute approximate surface area is 98.3 Å². The van der Waals surface area contributed by atoms with Crippen molar-refractivity contribution in [2.45, 2.75) is 44.4 Å². The van der Waals surface area contributed by atoms with Gasteiger partial charge in [0.15, 0.2) is 0 Å². The predicted octanol–water partition coefficient (Wildman–Crippen LogP) is 2.88. The molecule has 1 saturated carbocycles. The van der Waals surface area contributed by atoms with Crippen molar-refractivity contribution in [1.29, 1.82) is 0 Å². The van der Waals surface area contributed by atoms with Gasteiger partial charge in [-0.15, -0.1) is 0 Å². The maximum absolute atomic E-state index is 5.79. The first-order chi connectivity index (χ1) is 7.77. The number of nitrogens with zero attached hydrogens (tertiary/aromatic N) is 1. The molecule has 0 amide bonds. The maximum atomic E-state index is 5.79. The summed E-state index contributed by atoms with van der Waals surface area (Å²) in [6, 6.07) is 6.26. The lowest BCUT2D eigenvalue weighted by atomic mass is 9.67. The third-order valence-electron chi connectivity index (χ3n) is 4.06. The van der Waals surface area contributed by atoms with Crippen LogP contribution in [0.5, 0.6) is 0 Å². The molecule has 16 heavy (non-hydrogen) atoms. The van der Waals surface area contributed by atoms with Crippen LogP contribution in [0.25, 0.3) is 0 Å². The second-order valence-electron chi connectivity index (χ2n) is 5.22. The Morgan fingerprint density at radius 2 is 2.12 bits per heavy atom. The molecule has 2 nitrogen and oxygen atoms in total. The Morgan fingerprint density at radius 1 is 1.38 bits per heavy atom. The average molecular weight is 218 g/mol. The third kappa shape index (κ3) is 2.27. The summed E-state index contributed by atoms with van der Waals surface area (Å²) < 4.78 is 0. The summed E-state index contributed by atoms with van der Waals surface area (Å²) in [6.07, 6.45) is 8.13. The number of aromatic nitrogens is 1. The van der Waals surface area contributed by atoms with Crippen molar-refractivity contribution in [3.8, 4) is 0 Å². The summed E-state index contributed by atoms with van der Waals surface area (Å²) >= 11 is 0. The van der Waals surface area contributed by atoms with Crippen LogP contribution in [-0.2, 0) is 5.41 Å². The minimum atomic E-state index is 0.266. The van der Waals surface area contributed by atoms with Crippen LogP contribution in [0.3, 0.4) is 0 Å². The van der Waals surface area contributed by atoms with Crippen LogP contribution in [0.4, 0.5) is 0 Å². The smallest absolute Gasteiger partial charge is 0.0465 e. The van der Waals surface area contributed by atoms with Crippen LogP contribution in [-0.4, -0.2) is 11.5 Å². The van der Waals surface area contributed by atoms with Gasteiger partial charge in [0.2, 0.25) is 0 Å². The topological polar surface area (TPSA) is 38.9 Å². The first kappa shape index (κ1) is 11.6. The molecule has 0 aromatic carbocycles. The van der Waals surface area contributed by atoms with Crippen molar-refractivity contribution in [3.05, 3.63) is 30.1 Å².